The summed E-state index contributed by atoms with van der Waals surface area (Å²) in [6.07, 6.45) is 1.57. The van der Waals surface area contributed by atoms with E-state index in [4.69, 9.17) is 4.74 Å². The number of hydrogen-bond donors (Lipinski definition) is 2. The van der Waals surface area contributed by atoms with E-state index in [1.165, 1.54) is 12.0 Å². The largest absolute Gasteiger partial charge is 0.495 e. The summed E-state index contributed by atoms with van der Waals surface area (Å²) in [5, 5.41) is 12.2. The molecule has 0 radical (unpaired) electrons. The molecule has 1 saturated heterocycles. The molecule has 1 fully saturated rings. The van der Waals surface area contributed by atoms with Crippen molar-refractivity contribution in [2.24, 2.45) is 0 Å². The lowest BCUT2D eigenvalue weighted by Crippen LogP contribution is -2.54. The van der Waals surface area contributed by atoms with Crippen LogP contribution in [0.2, 0.25) is 0 Å². The molecule has 1 unspecified atom stereocenters. The number of likely N-dealkylation sites (tertiary alicyclic amines) is 1. The number of anilines is 1. The Hall–Kier alpha value is -2.24. The van der Waals surface area contributed by atoms with E-state index in [0.717, 1.165) is 0 Å². The normalized spacial score (nSPS) is 21.1. The number of methoxy groups -OCH3 is 1. The number of para-hydroxylation sites is 2. The monoisotopic (exact) mass is 292 g/mol. The number of hydrogen-bond acceptors (Lipinski definition) is 3. The van der Waals surface area contributed by atoms with Gasteiger partial charge in [0.05, 0.1) is 12.8 Å². The van der Waals surface area contributed by atoms with Gasteiger partial charge < -0.3 is 20.1 Å². The number of nitrogens with zero attached hydrogens (tertiary/aromatic N) is 1. The van der Waals surface area contributed by atoms with Gasteiger partial charge in [-0.15, -0.1) is 0 Å². The second-order valence-corrected chi connectivity index (χ2v) is 5.08. The number of ether oxygens (including phenoxy) is 1. The summed E-state index contributed by atoms with van der Waals surface area (Å²) in [5.41, 5.74) is -0.571. The minimum Gasteiger partial charge on any atom is -0.495 e. The molecule has 1 atom stereocenters. The Bertz CT molecular complexity index is 546. The van der Waals surface area contributed by atoms with Gasteiger partial charge >= 0.3 is 12.0 Å². The Morgan fingerprint density at radius 3 is 2.76 bits per heavy atom. The van der Waals surface area contributed by atoms with E-state index in [0.29, 0.717) is 37.2 Å². The molecule has 0 saturated carbocycles. The van der Waals surface area contributed by atoms with Crippen molar-refractivity contribution in [3.05, 3.63) is 24.3 Å². The standard InChI is InChI=1S/C15H20N2O4/c1-3-15(13(18)19)9-6-10-17(15)14(20)16-11-7-4-5-8-12(11)21-2/h4-5,7-8H,3,6,9-10H2,1-2H3,(H,16,20)(H,18,19). The van der Waals surface area contributed by atoms with E-state index >= 15 is 0 Å². The second kappa shape index (κ2) is 6.03. The van der Waals surface area contributed by atoms with Crippen LogP contribution in [0, 0.1) is 0 Å². The van der Waals surface area contributed by atoms with Crippen LogP contribution in [0.4, 0.5) is 10.5 Å². The van der Waals surface area contributed by atoms with Gasteiger partial charge in [0.15, 0.2) is 0 Å². The van der Waals surface area contributed by atoms with Crippen LogP contribution in [0.3, 0.4) is 0 Å². The summed E-state index contributed by atoms with van der Waals surface area (Å²) in [5.74, 6) is -0.403. The summed E-state index contributed by atoms with van der Waals surface area (Å²) in [7, 11) is 1.52. The Labute approximate surface area is 123 Å². The predicted molar refractivity (Wildman–Crippen MR) is 78.6 cm³/mol. The molecular formula is C15H20N2O4. The number of nitrogens with one attached hydrogen (secondary N) is 1. The SMILES string of the molecule is CCC1(C(=O)O)CCCN1C(=O)Nc1ccccc1OC. The van der Waals surface area contributed by atoms with Gasteiger partial charge in [-0.25, -0.2) is 9.59 Å². The van der Waals surface area contributed by atoms with Gasteiger partial charge in [0, 0.05) is 6.54 Å². The van der Waals surface area contributed by atoms with Gasteiger partial charge in [-0.2, -0.15) is 0 Å². The molecule has 2 N–H and O–H groups in total. The molecular weight excluding hydrogens is 272 g/mol. The maximum absolute atomic E-state index is 12.5. The lowest BCUT2D eigenvalue weighted by atomic mass is 9.93. The smallest absolute Gasteiger partial charge is 0.329 e. The fourth-order valence-corrected chi connectivity index (χ4v) is 2.85. The minimum absolute atomic E-state index is 0.391. The molecule has 1 aromatic carbocycles. The molecule has 0 aromatic heterocycles. The Balaban J connectivity index is 2.22. The van der Waals surface area contributed by atoms with E-state index in [1.807, 2.05) is 0 Å². The van der Waals surface area contributed by atoms with Crippen molar-refractivity contribution < 1.29 is 19.4 Å². The predicted octanol–water partition coefficient (Wildman–Crippen LogP) is 2.56. The number of aliphatic carboxylic acids is 1. The van der Waals surface area contributed by atoms with Crippen molar-refractivity contribution >= 4 is 17.7 Å². The van der Waals surface area contributed by atoms with E-state index in [2.05, 4.69) is 5.32 Å². The third-order valence-corrected chi connectivity index (χ3v) is 4.07. The fourth-order valence-electron chi connectivity index (χ4n) is 2.85. The zero-order valence-corrected chi connectivity index (χ0v) is 12.3. The van der Waals surface area contributed by atoms with E-state index in [9.17, 15) is 14.7 Å². The maximum atomic E-state index is 12.5. The molecule has 1 heterocycles. The number of carboxylic acid groups (broad SMARTS) is 1. The van der Waals surface area contributed by atoms with Crippen LogP contribution < -0.4 is 10.1 Å². The van der Waals surface area contributed by atoms with Gasteiger partial charge in [0.2, 0.25) is 0 Å². The molecule has 1 aliphatic rings. The van der Waals surface area contributed by atoms with Gasteiger partial charge in [-0.05, 0) is 31.4 Å². The molecule has 0 spiro atoms. The molecule has 0 aliphatic carbocycles. The van der Waals surface area contributed by atoms with Crippen molar-refractivity contribution in [2.75, 3.05) is 19.0 Å². The maximum Gasteiger partial charge on any atom is 0.329 e. The van der Waals surface area contributed by atoms with Crippen molar-refractivity contribution in [2.45, 2.75) is 31.7 Å². The molecule has 2 rings (SSSR count). The number of urea groups is 1. The number of carbonyl (C=O) groups excluding carboxylic acids is 1. The van der Waals surface area contributed by atoms with Crippen LogP contribution >= 0.6 is 0 Å². The summed E-state index contributed by atoms with van der Waals surface area (Å²) >= 11 is 0. The first-order valence-electron chi connectivity index (χ1n) is 7.00. The van der Waals surface area contributed by atoms with Gasteiger partial charge in [0.1, 0.15) is 11.3 Å². The zero-order valence-electron chi connectivity index (χ0n) is 12.3. The van der Waals surface area contributed by atoms with Crippen LogP contribution in [0.1, 0.15) is 26.2 Å². The third-order valence-electron chi connectivity index (χ3n) is 4.07. The molecule has 6 nitrogen and oxygen atoms in total. The van der Waals surface area contributed by atoms with E-state index in [1.54, 1.807) is 31.2 Å². The first-order valence-corrected chi connectivity index (χ1v) is 7.00. The number of carbonyl (C=O) groups is 2. The number of amides is 2. The highest BCUT2D eigenvalue weighted by atomic mass is 16.5. The summed E-state index contributed by atoms with van der Waals surface area (Å²) in [6, 6.07) is 6.65. The number of benzene rings is 1. The molecule has 0 bridgehead atoms. The van der Waals surface area contributed by atoms with Crippen LogP contribution in [0.5, 0.6) is 5.75 Å². The lowest BCUT2D eigenvalue weighted by molar-refractivity contribution is -0.148. The third kappa shape index (κ3) is 2.66. The fraction of sp³-hybridized carbons (Fsp3) is 0.467. The van der Waals surface area contributed by atoms with E-state index in [-0.39, 0.29) is 0 Å². The number of carboxylic acids is 1. The molecule has 1 aromatic rings. The molecule has 1 aliphatic heterocycles. The van der Waals surface area contributed by atoms with Crippen LogP contribution in [0.25, 0.3) is 0 Å². The van der Waals surface area contributed by atoms with Crippen molar-refractivity contribution in [1.29, 1.82) is 0 Å². The highest BCUT2D eigenvalue weighted by Crippen LogP contribution is 2.34. The van der Waals surface area contributed by atoms with Crippen LogP contribution in [-0.4, -0.2) is 41.2 Å². The Kier molecular flexibility index (Phi) is 4.35. The quantitative estimate of drug-likeness (QED) is 0.894. The Morgan fingerprint density at radius 1 is 1.43 bits per heavy atom. The van der Waals surface area contributed by atoms with Gasteiger partial charge in [-0.1, -0.05) is 19.1 Å². The van der Waals surface area contributed by atoms with Crippen LogP contribution in [0.15, 0.2) is 24.3 Å². The van der Waals surface area contributed by atoms with Crippen molar-refractivity contribution in [3.63, 3.8) is 0 Å². The van der Waals surface area contributed by atoms with Crippen LogP contribution in [-0.2, 0) is 4.79 Å². The van der Waals surface area contributed by atoms with Crippen molar-refractivity contribution in [3.8, 4) is 5.75 Å². The highest BCUT2D eigenvalue weighted by Gasteiger charge is 2.48. The van der Waals surface area contributed by atoms with Gasteiger partial charge in [0.25, 0.3) is 0 Å². The molecule has 6 heteroatoms. The molecule has 21 heavy (non-hydrogen) atoms. The summed E-state index contributed by atoms with van der Waals surface area (Å²) in [4.78, 5) is 25.5. The van der Waals surface area contributed by atoms with Crippen molar-refractivity contribution in [1.82, 2.24) is 4.90 Å². The minimum atomic E-state index is -1.11. The first kappa shape index (κ1) is 15.2. The lowest BCUT2D eigenvalue weighted by Gasteiger charge is -2.33. The topological polar surface area (TPSA) is 78.9 Å². The average molecular weight is 292 g/mol. The van der Waals surface area contributed by atoms with E-state index < -0.39 is 17.5 Å². The first-order chi connectivity index (χ1) is 10.0. The second-order valence-electron chi connectivity index (χ2n) is 5.08. The Morgan fingerprint density at radius 2 is 2.14 bits per heavy atom. The summed E-state index contributed by atoms with van der Waals surface area (Å²) in [6.45, 7) is 2.24. The summed E-state index contributed by atoms with van der Waals surface area (Å²) < 4.78 is 5.19. The number of rotatable bonds is 4. The zero-order chi connectivity index (χ0) is 15.5. The van der Waals surface area contributed by atoms with Gasteiger partial charge in [-0.3, -0.25) is 0 Å². The molecule has 114 valence electrons. The average Bonchev–Trinajstić information content (AvgIpc) is 2.93. The molecule has 2 amide bonds. The highest BCUT2D eigenvalue weighted by molar-refractivity contribution is 5.95.